The average molecular weight is 253 g/mol. The maximum atomic E-state index is 11.2. The minimum Gasteiger partial charge on any atom is -0.478 e. The Balaban J connectivity index is 2.41. The van der Waals surface area contributed by atoms with Crippen molar-refractivity contribution in [2.75, 3.05) is 0 Å². The number of rotatable bonds is 2. The highest BCUT2D eigenvalue weighted by atomic mass is 35.5. The Morgan fingerprint density at radius 1 is 1.29 bits per heavy atom. The maximum Gasteiger partial charge on any atom is 0.336 e. The summed E-state index contributed by atoms with van der Waals surface area (Å²) < 4.78 is 0. The van der Waals surface area contributed by atoms with Crippen molar-refractivity contribution in [2.45, 2.75) is 44.9 Å². The summed E-state index contributed by atoms with van der Waals surface area (Å²) in [5.41, 5.74) is 2.36. The van der Waals surface area contributed by atoms with E-state index in [2.05, 4.69) is 0 Å². The molecule has 1 aromatic rings. The summed E-state index contributed by atoms with van der Waals surface area (Å²) in [6.45, 7) is 1.89. The number of carbonyl (C=O) groups is 1. The predicted molar refractivity (Wildman–Crippen MR) is 69.0 cm³/mol. The molecule has 1 N–H and O–H groups in total. The van der Waals surface area contributed by atoms with Gasteiger partial charge in [-0.3, -0.25) is 0 Å². The topological polar surface area (TPSA) is 37.3 Å². The molecule has 17 heavy (non-hydrogen) atoms. The van der Waals surface area contributed by atoms with Crippen LogP contribution in [0.1, 0.15) is 59.5 Å². The molecule has 2 rings (SSSR count). The van der Waals surface area contributed by atoms with E-state index in [9.17, 15) is 4.79 Å². The van der Waals surface area contributed by atoms with Crippen LogP contribution in [0.25, 0.3) is 0 Å². The van der Waals surface area contributed by atoms with E-state index in [-0.39, 0.29) is 0 Å². The zero-order chi connectivity index (χ0) is 12.4. The van der Waals surface area contributed by atoms with Crippen LogP contribution in [0, 0.1) is 6.92 Å². The zero-order valence-electron chi connectivity index (χ0n) is 10.0. The van der Waals surface area contributed by atoms with Crippen LogP contribution >= 0.6 is 11.6 Å². The van der Waals surface area contributed by atoms with Crippen LogP contribution in [0.5, 0.6) is 0 Å². The summed E-state index contributed by atoms with van der Waals surface area (Å²) >= 11 is 6.02. The maximum absolute atomic E-state index is 11.2. The quantitative estimate of drug-likeness (QED) is 0.847. The van der Waals surface area contributed by atoms with Crippen molar-refractivity contribution >= 4 is 17.6 Å². The molecule has 0 amide bonds. The van der Waals surface area contributed by atoms with Crippen molar-refractivity contribution in [3.63, 3.8) is 0 Å². The molecule has 1 aromatic carbocycles. The van der Waals surface area contributed by atoms with Crippen LogP contribution in [-0.4, -0.2) is 11.1 Å². The average Bonchev–Trinajstić information content (AvgIpc) is 2.32. The molecule has 0 aromatic heterocycles. The fourth-order valence-corrected chi connectivity index (χ4v) is 2.99. The molecular formula is C14H17ClO2. The molecule has 2 nitrogen and oxygen atoms in total. The smallest absolute Gasteiger partial charge is 0.336 e. The van der Waals surface area contributed by atoms with E-state index < -0.39 is 5.97 Å². The first-order valence-corrected chi connectivity index (χ1v) is 6.50. The second kappa shape index (κ2) is 5.09. The summed E-state index contributed by atoms with van der Waals surface area (Å²) in [6.07, 6.45) is 6.07. The van der Waals surface area contributed by atoms with E-state index in [0.29, 0.717) is 16.5 Å². The molecule has 0 unspecified atom stereocenters. The highest BCUT2D eigenvalue weighted by molar-refractivity contribution is 6.31. The van der Waals surface area contributed by atoms with Crippen LogP contribution < -0.4 is 0 Å². The van der Waals surface area contributed by atoms with E-state index in [1.54, 1.807) is 6.07 Å². The Bertz CT molecular complexity index is 434. The Kier molecular flexibility index (Phi) is 3.72. The third-order valence-electron chi connectivity index (χ3n) is 3.69. The predicted octanol–water partition coefficient (Wildman–Crippen LogP) is 4.39. The highest BCUT2D eigenvalue weighted by Crippen LogP contribution is 2.36. The van der Waals surface area contributed by atoms with Gasteiger partial charge in [-0.2, -0.15) is 0 Å². The number of hydrogen-bond acceptors (Lipinski definition) is 1. The molecule has 0 radical (unpaired) electrons. The van der Waals surface area contributed by atoms with E-state index in [4.69, 9.17) is 16.7 Å². The summed E-state index contributed by atoms with van der Waals surface area (Å²) in [7, 11) is 0. The standard InChI is InChI=1S/C14H17ClO2/c1-9-12(10-5-3-2-4-6-10)7-11(15)8-13(9)14(16)17/h7-8,10H,2-6H2,1H3,(H,16,17). The number of hydrogen-bond donors (Lipinski definition) is 1. The Morgan fingerprint density at radius 3 is 2.53 bits per heavy atom. The van der Waals surface area contributed by atoms with Crippen molar-refractivity contribution < 1.29 is 9.90 Å². The van der Waals surface area contributed by atoms with Crippen molar-refractivity contribution in [2.24, 2.45) is 0 Å². The number of halogens is 1. The van der Waals surface area contributed by atoms with Gasteiger partial charge in [0.2, 0.25) is 0 Å². The van der Waals surface area contributed by atoms with Gasteiger partial charge in [0.1, 0.15) is 0 Å². The molecule has 1 saturated carbocycles. The second-order valence-corrected chi connectivity index (χ2v) is 5.24. The lowest BCUT2D eigenvalue weighted by Gasteiger charge is -2.24. The summed E-state index contributed by atoms with van der Waals surface area (Å²) in [5.74, 6) is -0.400. The summed E-state index contributed by atoms with van der Waals surface area (Å²) in [5, 5.41) is 9.69. The van der Waals surface area contributed by atoms with Crippen molar-refractivity contribution in [3.8, 4) is 0 Å². The number of benzene rings is 1. The lowest BCUT2D eigenvalue weighted by Crippen LogP contribution is -2.09. The van der Waals surface area contributed by atoms with Crippen molar-refractivity contribution in [3.05, 3.63) is 33.8 Å². The minimum atomic E-state index is -0.887. The van der Waals surface area contributed by atoms with Gasteiger partial charge in [0.25, 0.3) is 0 Å². The fourth-order valence-electron chi connectivity index (χ4n) is 2.76. The number of carboxylic acids is 1. The largest absolute Gasteiger partial charge is 0.478 e. The van der Waals surface area contributed by atoms with Crippen LogP contribution in [-0.2, 0) is 0 Å². The lowest BCUT2D eigenvalue weighted by atomic mass is 9.81. The molecule has 1 aliphatic rings. The molecule has 0 heterocycles. The van der Waals surface area contributed by atoms with Gasteiger partial charge in [-0.15, -0.1) is 0 Å². The van der Waals surface area contributed by atoms with Crippen molar-refractivity contribution in [1.29, 1.82) is 0 Å². The Hall–Kier alpha value is -1.02. The van der Waals surface area contributed by atoms with Gasteiger partial charge in [0.05, 0.1) is 5.56 Å². The van der Waals surface area contributed by atoms with Crippen LogP contribution in [0.15, 0.2) is 12.1 Å². The molecule has 0 bridgehead atoms. The molecular weight excluding hydrogens is 236 g/mol. The first kappa shape index (κ1) is 12.4. The molecule has 0 saturated heterocycles. The molecule has 0 spiro atoms. The first-order valence-electron chi connectivity index (χ1n) is 6.13. The van der Waals surface area contributed by atoms with E-state index >= 15 is 0 Å². The zero-order valence-corrected chi connectivity index (χ0v) is 10.8. The second-order valence-electron chi connectivity index (χ2n) is 4.81. The van der Waals surface area contributed by atoms with Crippen LogP contribution in [0.3, 0.4) is 0 Å². The Labute approximate surface area is 107 Å². The van der Waals surface area contributed by atoms with Gasteiger partial charge >= 0.3 is 5.97 Å². The van der Waals surface area contributed by atoms with Gasteiger partial charge in [-0.1, -0.05) is 30.9 Å². The van der Waals surface area contributed by atoms with Crippen LogP contribution in [0.4, 0.5) is 0 Å². The third kappa shape index (κ3) is 2.63. The monoisotopic (exact) mass is 252 g/mol. The molecule has 1 aliphatic carbocycles. The third-order valence-corrected chi connectivity index (χ3v) is 3.91. The first-order chi connectivity index (χ1) is 8.09. The van der Waals surface area contributed by atoms with Gasteiger partial charge in [0, 0.05) is 5.02 Å². The molecule has 0 aliphatic heterocycles. The lowest BCUT2D eigenvalue weighted by molar-refractivity contribution is 0.0696. The molecule has 1 fully saturated rings. The SMILES string of the molecule is Cc1c(C(=O)O)cc(Cl)cc1C1CCCCC1. The summed E-state index contributed by atoms with van der Waals surface area (Å²) in [6, 6.07) is 3.49. The van der Waals surface area contributed by atoms with Crippen LogP contribution in [0.2, 0.25) is 5.02 Å². The molecule has 0 atom stereocenters. The summed E-state index contributed by atoms with van der Waals surface area (Å²) in [4.78, 5) is 11.2. The Morgan fingerprint density at radius 2 is 1.94 bits per heavy atom. The van der Waals surface area contributed by atoms with Gasteiger partial charge in [-0.05, 0) is 48.9 Å². The van der Waals surface area contributed by atoms with E-state index in [0.717, 1.165) is 24.0 Å². The highest BCUT2D eigenvalue weighted by Gasteiger charge is 2.21. The normalized spacial score (nSPS) is 17.1. The van der Waals surface area contributed by atoms with E-state index in [1.165, 1.54) is 19.3 Å². The van der Waals surface area contributed by atoms with Gasteiger partial charge < -0.3 is 5.11 Å². The number of carboxylic acid groups (broad SMARTS) is 1. The van der Waals surface area contributed by atoms with Gasteiger partial charge in [-0.25, -0.2) is 4.79 Å². The number of aromatic carboxylic acids is 1. The minimum absolute atomic E-state index is 0.345. The fraction of sp³-hybridized carbons (Fsp3) is 0.500. The van der Waals surface area contributed by atoms with Gasteiger partial charge in [0.15, 0.2) is 0 Å². The van der Waals surface area contributed by atoms with Crippen molar-refractivity contribution in [1.82, 2.24) is 0 Å². The molecule has 3 heteroatoms. The van der Waals surface area contributed by atoms with E-state index in [1.807, 2.05) is 13.0 Å². The molecule has 92 valence electrons.